The molecule has 1 atom stereocenters. The van der Waals surface area contributed by atoms with Gasteiger partial charge in [-0.1, -0.05) is 6.07 Å². The topological polar surface area (TPSA) is 122 Å². The molecular formula is C22H23FN6O3. The van der Waals surface area contributed by atoms with Gasteiger partial charge in [0.2, 0.25) is 5.91 Å². The zero-order chi connectivity index (χ0) is 22.8. The van der Waals surface area contributed by atoms with Crippen LogP contribution in [0.2, 0.25) is 0 Å². The largest absolute Gasteiger partial charge is 0.394 e. The van der Waals surface area contributed by atoms with E-state index in [9.17, 15) is 19.1 Å². The van der Waals surface area contributed by atoms with Crippen molar-refractivity contribution in [1.82, 2.24) is 19.7 Å². The fraction of sp³-hybridized carbons (Fsp3) is 0.318. The van der Waals surface area contributed by atoms with Gasteiger partial charge in [-0.2, -0.15) is 0 Å². The van der Waals surface area contributed by atoms with Crippen LogP contribution in [0.15, 0.2) is 36.7 Å². The lowest BCUT2D eigenvalue weighted by atomic mass is 10.1. The fourth-order valence-electron chi connectivity index (χ4n) is 3.21. The Kier molecular flexibility index (Phi) is 5.95. The second kappa shape index (κ2) is 8.83. The van der Waals surface area contributed by atoms with E-state index in [0.717, 1.165) is 12.8 Å². The van der Waals surface area contributed by atoms with Crippen LogP contribution in [0.3, 0.4) is 0 Å². The second-order valence-electron chi connectivity index (χ2n) is 7.87. The maximum atomic E-state index is 14.5. The minimum Gasteiger partial charge on any atom is -0.394 e. The number of anilines is 2. The van der Waals surface area contributed by atoms with Crippen molar-refractivity contribution in [2.75, 3.05) is 17.2 Å². The summed E-state index contributed by atoms with van der Waals surface area (Å²) in [6.07, 6.45) is 3.17. The van der Waals surface area contributed by atoms with Crippen molar-refractivity contribution < 1.29 is 19.1 Å². The highest BCUT2D eigenvalue weighted by Crippen LogP contribution is 2.31. The SMILES string of the molecule is Cc1cc(F)c(C(=O)Nc2cccc(-c3nncn3[C@H](C)CO)n2)cc1NC(=O)C1CC1. The molecule has 2 aromatic heterocycles. The predicted molar refractivity (Wildman–Crippen MR) is 115 cm³/mol. The van der Waals surface area contributed by atoms with Crippen LogP contribution < -0.4 is 10.6 Å². The molecule has 1 aromatic carbocycles. The minimum atomic E-state index is -0.697. The van der Waals surface area contributed by atoms with Crippen molar-refractivity contribution in [3.8, 4) is 11.5 Å². The minimum absolute atomic E-state index is 0.0146. The van der Waals surface area contributed by atoms with Crippen LogP contribution in [0, 0.1) is 18.7 Å². The number of nitrogens with zero attached hydrogens (tertiary/aromatic N) is 4. The van der Waals surface area contributed by atoms with Crippen LogP contribution >= 0.6 is 0 Å². The van der Waals surface area contributed by atoms with Crippen LogP contribution in [0.5, 0.6) is 0 Å². The van der Waals surface area contributed by atoms with Gasteiger partial charge in [0, 0.05) is 11.6 Å². The number of benzene rings is 1. The summed E-state index contributed by atoms with van der Waals surface area (Å²) in [5.74, 6) is -0.909. The lowest BCUT2D eigenvalue weighted by molar-refractivity contribution is -0.117. The zero-order valence-electron chi connectivity index (χ0n) is 17.7. The van der Waals surface area contributed by atoms with E-state index in [1.165, 1.54) is 18.5 Å². The third kappa shape index (κ3) is 4.50. The Morgan fingerprint density at radius 3 is 2.78 bits per heavy atom. The van der Waals surface area contributed by atoms with Gasteiger partial charge < -0.3 is 20.3 Å². The first kappa shape index (κ1) is 21.6. The van der Waals surface area contributed by atoms with Crippen molar-refractivity contribution in [2.24, 2.45) is 5.92 Å². The van der Waals surface area contributed by atoms with E-state index < -0.39 is 11.7 Å². The quantitative estimate of drug-likeness (QED) is 0.521. The van der Waals surface area contributed by atoms with Crippen LogP contribution in [-0.2, 0) is 4.79 Å². The third-order valence-corrected chi connectivity index (χ3v) is 5.30. The number of aliphatic hydroxyl groups is 1. The summed E-state index contributed by atoms with van der Waals surface area (Å²) < 4.78 is 16.2. The van der Waals surface area contributed by atoms with E-state index >= 15 is 0 Å². The van der Waals surface area contributed by atoms with E-state index in [-0.39, 0.29) is 35.9 Å². The number of aromatic nitrogens is 4. The van der Waals surface area contributed by atoms with Gasteiger partial charge in [0.15, 0.2) is 5.82 Å². The van der Waals surface area contributed by atoms with E-state index in [4.69, 9.17) is 0 Å². The number of aryl methyl sites for hydroxylation is 1. The van der Waals surface area contributed by atoms with Gasteiger partial charge in [0.1, 0.15) is 23.7 Å². The van der Waals surface area contributed by atoms with Crippen LogP contribution in [-0.4, -0.2) is 43.3 Å². The molecule has 3 N–H and O–H groups in total. The maximum Gasteiger partial charge on any atom is 0.259 e. The third-order valence-electron chi connectivity index (χ3n) is 5.30. The molecule has 3 aromatic rings. The molecule has 10 heteroatoms. The van der Waals surface area contributed by atoms with E-state index in [0.29, 0.717) is 22.8 Å². The Morgan fingerprint density at radius 2 is 2.06 bits per heavy atom. The van der Waals surface area contributed by atoms with Gasteiger partial charge in [0.25, 0.3) is 5.91 Å². The average molecular weight is 438 g/mol. The molecule has 1 fully saturated rings. The number of rotatable bonds is 7. The van der Waals surface area contributed by atoms with Gasteiger partial charge in [-0.3, -0.25) is 9.59 Å². The van der Waals surface area contributed by atoms with Gasteiger partial charge >= 0.3 is 0 Å². The number of carbonyl (C=O) groups excluding carboxylic acids is 2. The highest BCUT2D eigenvalue weighted by atomic mass is 19.1. The number of hydrogen-bond acceptors (Lipinski definition) is 6. The molecule has 0 bridgehead atoms. The summed E-state index contributed by atoms with van der Waals surface area (Å²) in [6.45, 7) is 3.37. The highest BCUT2D eigenvalue weighted by Gasteiger charge is 2.30. The van der Waals surface area contributed by atoms with Crippen molar-refractivity contribution in [1.29, 1.82) is 0 Å². The Hall–Kier alpha value is -3.66. The van der Waals surface area contributed by atoms with Crippen LogP contribution in [0.25, 0.3) is 11.5 Å². The molecular weight excluding hydrogens is 415 g/mol. The fourth-order valence-corrected chi connectivity index (χ4v) is 3.21. The maximum absolute atomic E-state index is 14.5. The lowest BCUT2D eigenvalue weighted by Crippen LogP contribution is -2.18. The van der Waals surface area contributed by atoms with E-state index in [1.807, 2.05) is 0 Å². The van der Waals surface area contributed by atoms with Crippen molar-refractivity contribution in [3.63, 3.8) is 0 Å². The molecule has 1 aliphatic carbocycles. The van der Waals surface area contributed by atoms with Crippen LogP contribution in [0.1, 0.15) is 41.7 Å². The molecule has 1 saturated carbocycles. The van der Waals surface area contributed by atoms with E-state index in [1.54, 1.807) is 36.6 Å². The van der Waals surface area contributed by atoms with Gasteiger partial charge in [-0.25, -0.2) is 9.37 Å². The second-order valence-corrected chi connectivity index (χ2v) is 7.87. The molecule has 0 saturated heterocycles. The molecule has 0 unspecified atom stereocenters. The van der Waals surface area contributed by atoms with E-state index in [2.05, 4.69) is 25.8 Å². The number of pyridine rings is 1. The van der Waals surface area contributed by atoms with Crippen molar-refractivity contribution in [3.05, 3.63) is 53.6 Å². The Balaban J connectivity index is 1.56. The molecule has 32 heavy (non-hydrogen) atoms. The molecule has 9 nitrogen and oxygen atoms in total. The molecule has 0 radical (unpaired) electrons. The Morgan fingerprint density at radius 1 is 1.28 bits per heavy atom. The predicted octanol–water partition coefficient (Wildman–Crippen LogP) is 2.94. The Bertz CT molecular complexity index is 1170. The highest BCUT2D eigenvalue weighted by molar-refractivity contribution is 6.05. The first-order valence-corrected chi connectivity index (χ1v) is 10.3. The number of amides is 2. The van der Waals surface area contributed by atoms with Gasteiger partial charge in [0.05, 0.1) is 18.2 Å². The summed E-state index contributed by atoms with van der Waals surface area (Å²) in [4.78, 5) is 29.2. The summed E-state index contributed by atoms with van der Waals surface area (Å²) in [7, 11) is 0. The number of halogens is 1. The summed E-state index contributed by atoms with van der Waals surface area (Å²) in [6, 6.07) is 7.24. The van der Waals surface area contributed by atoms with Crippen LogP contribution in [0.4, 0.5) is 15.9 Å². The molecule has 2 heterocycles. The smallest absolute Gasteiger partial charge is 0.259 e. The Labute approximate surface area is 183 Å². The van der Waals surface area contributed by atoms with Crippen molar-refractivity contribution >= 4 is 23.3 Å². The summed E-state index contributed by atoms with van der Waals surface area (Å²) >= 11 is 0. The summed E-state index contributed by atoms with van der Waals surface area (Å²) in [5.41, 5.74) is 1.17. The number of aliphatic hydroxyl groups excluding tert-OH is 1. The number of hydrogen-bond donors (Lipinski definition) is 3. The first-order chi connectivity index (χ1) is 15.4. The summed E-state index contributed by atoms with van der Waals surface area (Å²) in [5, 5.41) is 22.7. The molecule has 1 aliphatic rings. The van der Waals surface area contributed by atoms with Gasteiger partial charge in [-0.05, 0) is 56.5 Å². The standard InChI is InChI=1S/C22H23FN6O3/c1-12-8-16(23)15(9-18(12)26-21(31)14-6-7-14)22(32)27-19-5-3-4-17(25-19)20-28-24-11-29(20)13(2)10-30/h3-5,8-9,11,13-14,30H,6-7,10H2,1-2H3,(H,26,31)(H,25,27,32)/t13-/m1/s1. The normalized spacial score (nSPS) is 14.1. The number of carbonyl (C=O) groups is 2. The number of nitrogens with one attached hydrogen (secondary N) is 2. The lowest BCUT2D eigenvalue weighted by Gasteiger charge is -2.13. The van der Waals surface area contributed by atoms with Crippen molar-refractivity contribution in [2.45, 2.75) is 32.7 Å². The van der Waals surface area contributed by atoms with Gasteiger partial charge in [-0.15, -0.1) is 10.2 Å². The molecule has 0 aliphatic heterocycles. The molecule has 2 amide bonds. The molecule has 166 valence electrons. The average Bonchev–Trinajstić information content (AvgIpc) is 3.51. The molecule has 0 spiro atoms. The zero-order valence-corrected chi connectivity index (χ0v) is 17.7. The molecule has 4 rings (SSSR count). The first-order valence-electron chi connectivity index (χ1n) is 10.3. The monoisotopic (exact) mass is 438 g/mol.